The van der Waals surface area contributed by atoms with Crippen LogP contribution in [0.1, 0.15) is 110 Å². The summed E-state index contributed by atoms with van der Waals surface area (Å²) in [5.74, 6) is 3.27. The van der Waals surface area contributed by atoms with E-state index >= 15 is 0 Å². The van der Waals surface area contributed by atoms with Crippen LogP contribution >= 0.6 is 0 Å². The molecule has 0 N–H and O–H groups in total. The second kappa shape index (κ2) is 9.85. The molecule has 0 heteroatoms. The maximum absolute atomic E-state index is 2.35. The molecule has 2 unspecified atom stereocenters. The van der Waals surface area contributed by atoms with Gasteiger partial charge in [0.25, 0.3) is 0 Å². The van der Waals surface area contributed by atoms with Gasteiger partial charge in [-0.15, -0.1) is 0 Å². The van der Waals surface area contributed by atoms with Gasteiger partial charge in [-0.25, -0.2) is 0 Å². The van der Waals surface area contributed by atoms with Crippen LogP contribution in [-0.2, 0) is 0 Å². The Bertz CT molecular complexity index is 222. The minimum atomic E-state index is 1.08. The molecule has 2 aliphatic rings. The van der Waals surface area contributed by atoms with Crippen LogP contribution in [0, 0.1) is 17.8 Å². The molecule has 2 fully saturated rings. The fourth-order valence-electron chi connectivity index (χ4n) is 4.79. The Balaban J connectivity index is 1.80. The third kappa shape index (κ3) is 5.78. The molecule has 2 aliphatic carbocycles. The highest BCUT2D eigenvalue weighted by molar-refractivity contribution is 4.76. The first-order valence-electron chi connectivity index (χ1n) is 9.90. The topological polar surface area (TPSA) is 0 Å². The SMILES string of the molecule is CCCCC1CCCCC(C2CCCCCCC2)CC1. The second-order valence-electron chi connectivity index (χ2n) is 7.74. The molecule has 0 amide bonds. The Morgan fingerprint density at radius 1 is 0.600 bits per heavy atom. The van der Waals surface area contributed by atoms with Crippen LogP contribution in [0.4, 0.5) is 0 Å². The predicted octanol–water partition coefficient (Wildman–Crippen LogP) is 7.12. The summed E-state index contributed by atoms with van der Waals surface area (Å²) in [4.78, 5) is 0. The van der Waals surface area contributed by atoms with Crippen molar-refractivity contribution in [1.82, 2.24) is 0 Å². The predicted molar refractivity (Wildman–Crippen MR) is 90.0 cm³/mol. The van der Waals surface area contributed by atoms with E-state index in [4.69, 9.17) is 0 Å². The monoisotopic (exact) mass is 278 g/mol. The molecule has 0 aliphatic heterocycles. The molecule has 2 atom stereocenters. The zero-order chi connectivity index (χ0) is 14.0. The largest absolute Gasteiger partial charge is 0.0654 e. The van der Waals surface area contributed by atoms with Crippen LogP contribution in [0.2, 0.25) is 0 Å². The van der Waals surface area contributed by atoms with Crippen LogP contribution in [0.25, 0.3) is 0 Å². The van der Waals surface area contributed by atoms with Gasteiger partial charge in [0.2, 0.25) is 0 Å². The normalized spacial score (nSPS) is 31.1. The van der Waals surface area contributed by atoms with Gasteiger partial charge in [-0.2, -0.15) is 0 Å². The highest BCUT2D eigenvalue weighted by atomic mass is 14.3. The summed E-state index contributed by atoms with van der Waals surface area (Å²) in [6.07, 6.45) is 24.4. The van der Waals surface area contributed by atoms with Gasteiger partial charge in [0.05, 0.1) is 0 Å². The van der Waals surface area contributed by atoms with Crippen LogP contribution in [-0.4, -0.2) is 0 Å². The van der Waals surface area contributed by atoms with E-state index in [0.717, 1.165) is 17.8 Å². The molecule has 0 spiro atoms. The van der Waals surface area contributed by atoms with Crippen molar-refractivity contribution in [2.24, 2.45) is 17.8 Å². The molecule has 118 valence electrons. The second-order valence-corrected chi connectivity index (χ2v) is 7.74. The molecule has 0 bridgehead atoms. The Kier molecular flexibility index (Phi) is 8.06. The maximum atomic E-state index is 2.35. The first kappa shape index (κ1) is 16.4. The number of hydrogen-bond donors (Lipinski definition) is 0. The summed E-state index contributed by atoms with van der Waals surface area (Å²) >= 11 is 0. The third-order valence-electron chi connectivity index (χ3n) is 6.17. The number of rotatable bonds is 4. The van der Waals surface area contributed by atoms with Crippen molar-refractivity contribution in [3.63, 3.8) is 0 Å². The van der Waals surface area contributed by atoms with Gasteiger partial charge >= 0.3 is 0 Å². The van der Waals surface area contributed by atoms with Crippen LogP contribution < -0.4 is 0 Å². The summed E-state index contributed by atoms with van der Waals surface area (Å²) in [6, 6.07) is 0. The van der Waals surface area contributed by atoms with E-state index in [1.165, 1.54) is 70.6 Å². The Labute approximate surface area is 128 Å². The van der Waals surface area contributed by atoms with Gasteiger partial charge in [-0.3, -0.25) is 0 Å². The molecule has 2 saturated carbocycles. The van der Waals surface area contributed by atoms with Crippen molar-refractivity contribution in [3.05, 3.63) is 0 Å². The van der Waals surface area contributed by atoms with Crippen LogP contribution in [0.3, 0.4) is 0 Å². The number of hydrogen-bond acceptors (Lipinski definition) is 0. The first-order chi connectivity index (χ1) is 9.90. The summed E-state index contributed by atoms with van der Waals surface area (Å²) in [5, 5.41) is 0. The Morgan fingerprint density at radius 3 is 1.85 bits per heavy atom. The molecular formula is C20H38. The van der Waals surface area contributed by atoms with E-state index in [-0.39, 0.29) is 0 Å². The molecule has 0 nitrogen and oxygen atoms in total. The van der Waals surface area contributed by atoms with E-state index in [2.05, 4.69) is 6.92 Å². The lowest BCUT2D eigenvalue weighted by Gasteiger charge is -2.32. The fourth-order valence-corrected chi connectivity index (χ4v) is 4.79. The molecular weight excluding hydrogens is 240 g/mol. The van der Waals surface area contributed by atoms with E-state index in [0.29, 0.717) is 0 Å². The minimum Gasteiger partial charge on any atom is -0.0654 e. The highest BCUT2D eigenvalue weighted by Crippen LogP contribution is 2.37. The number of unbranched alkanes of at least 4 members (excludes halogenated alkanes) is 1. The minimum absolute atomic E-state index is 1.08. The first-order valence-corrected chi connectivity index (χ1v) is 9.90. The lowest BCUT2D eigenvalue weighted by Crippen LogP contribution is -2.19. The molecule has 0 aromatic heterocycles. The van der Waals surface area contributed by atoms with Gasteiger partial charge in [0, 0.05) is 0 Å². The standard InChI is InChI=1S/C20H38/c1-2-3-11-18-12-9-10-15-20(17-16-18)19-13-7-5-4-6-8-14-19/h18-20H,2-17H2,1H3. The van der Waals surface area contributed by atoms with Crippen LogP contribution in [0.5, 0.6) is 0 Å². The molecule has 0 aromatic rings. The van der Waals surface area contributed by atoms with Gasteiger partial charge in [0.1, 0.15) is 0 Å². The average molecular weight is 279 g/mol. The van der Waals surface area contributed by atoms with Crippen LogP contribution in [0.15, 0.2) is 0 Å². The maximum Gasteiger partial charge on any atom is -0.0386 e. The Hall–Kier alpha value is 0. The Morgan fingerprint density at radius 2 is 1.15 bits per heavy atom. The fraction of sp³-hybridized carbons (Fsp3) is 1.00. The molecule has 2 rings (SSSR count). The quantitative estimate of drug-likeness (QED) is 0.513. The van der Waals surface area contributed by atoms with Crippen molar-refractivity contribution >= 4 is 0 Å². The van der Waals surface area contributed by atoms with Gasteiger partial charge < -0.3 is 0 Å². The third-order valence-corrected chi connectivity index (χ3v) is 6.17. The molecule has 0 aromatic carbocycles. The highest BCUT2D eigenvalue weighted by Gasteiger charge is 2.24. The van der Waals surface area contributed by atoms with Gasteiger partial charge in [-0.05, 0) is 24.2 Å². The average Bonchev–Trinajstić information content (AvgIpc) is 2.39. The summed E-state index contributed by atoms with van der Waals surface area (Å²) in [7, 11) is 0. The molecule has 20 heavy (non-hydrogen) atoms. The summed E-state index contributed by atoms with van der Waals surface area (Å²) in [5.41, 5.74) is 0. The lowest BCUT2D eigenvalue weighted by molar-refractivity contribution is 0.199. The van der Waals surface area contributed by atoms with Gasteiger partial charge in [0.15, 0.2) is 0 Å². The molecule has 0 saturated heterocycles. The van der Waals surface area contributed by atoms with Crippen molar-refractivity contribution in [1.29, 1.82) is 0 Å². The van der Waals surface area contributed by atoms with Crippen molar-refractivity contribution in [3.8, 4) is 0 Å². The van der Waals surface area contributed by atoms with E-state index in [1.807, 2.05) is 0 Å². The van der Waals surface area contributed by atoms with Crippen molar-refractivity contribution in [2.75, 3.05) is 0 Å². The van der Waals surface area contributed by atoms with Crippen molar-refractivity contribution < 1.29 is 0 Å². The summed E-state index contributed by atoms with van der Waals surface area (Å²) in [6.45, 7) is 2.35. The zero-order valence-corrected chi connectivity index (χ0v) is 14.0. The van der Waals surface area contributed by atoms with E-state index in [1.54, 1.807) is 32.1 Å². The molecule has 0 heterocycles. The van der Waals surface area contributed by atoms with E-state index < -0.39 is 0 Å². The van der Waals surface area contributed by atoms with Gasteiger partial charge in [-0.1, -0.05) is 103 Å². The molecule has 0 radical (unpaired) electrons. The lowest BCUT2D eigenvalue weighted by atomic mass is 9.74. The van der Waals surface area contributed by atoms with E-state index in [9.17, 15) is 0 Å². The smallest absolute Gasteiger partial charge is 0.0386 e. The summed E-state index contributed by atoms with van der Waals surface area (Å²) < 4.78 is 0. The zero-order valence-electron chi connectivity index (χ0n) is 14.0. The van der Waals surface area contributed by atoms with Crippen molar-refractivity contribution in [2.45, 2.75) is 110 Å².